The molecule has 1 aliphatic heterocycles. The lowest BCUT2D eigenvalue weighted by Crippen LogP contribution is -2.38. The summed E-state index contributed by atoms with van der Waals surface area (Å²) in [4.78, 5) is 19.7. The van der Waals surface area contributed by atoms with E-state index in [1.807, 2.05) is 36.2 Å². The number of carbonyl (C=O) groups is 1. The second-order valence-electron chi connectivity index (χ2n) is 6.59. The highest BCUT2D eigenvalue weighted by molar-refractivity contribution is 6.31. The minimum atomic E-state index is 0.0651. The molecule has 0 bridgehead atoms. The summed E-state index contributed by atoms with van der Waals surface area (Å²) in [5.74, 6) is 0.579. The molecule has 5 heteroatoms. The second-order valence-corrected chi connectivity index (χ2v) is 7.03. The standard InChI is InChI=1S/C18H20ClN3O/c1-22(13-6-7-20-10-13)18(23)15-9-17(11-2-3-11)21-16-5-4-12(19)8-14(15)16/h4-5,8-9,11,13,20H,2-3,6-7,10H2,1H3. The number of nitrogens with zero attached hydrogens (tertiary/aromatic N) is 2. The molecule has 1 amide bonds. The van der Waals surface area contributed by atoms with Gasteiger partial charge in [0.05, 0.1) is 11.1 Å². The molecule has 2 heterocycles. The van der Waals surface area contributed by atoms with Crippen molar-refractivity contribution in [3.05, 3.63) is 40.5 Å². The van der Waals surface area contributed by atoms with E-state index in [4.69, 9.17) is 16.6 Å². The summed E-state index contributed by atoms with van der Waals surface area (Å²) in [6.45, 7) is 1.83. The smallest absolute Gasteiger partial charge is 0.254 e. The first-order chi connectivity index (χ1) is 11.1. The number of aromatic nitrogens is 1. The minimum Gasteiger partial charge on any atom is -0.337 e. The average Bonchev–Trinajstić information content (AvgIpc) is 3.27. The molecule has 1 aromatic heterocycles. The van der Waals surface area contributed by atoms with Crippen molar-refractivity contribution in [2.45, 2.75) is 31.2 Å². The van der Waals surface area contributed by atoms with E-state index in [2.05, 4.69) is 5.32 Å². The number of nitrogens with one attached hydrogen (secondary N) is 1. The third-order valence-electron chi connectivity index (χ3n) is 4.92. The van der Waals surface area contributed by atoms with E-state index in [9.17, 15) is 4.79 Å². The molecule has 4 rings (SSSR count). The first-order valence-corrected chi connectivity index (χ1v) is 8.59. The number of benzene rings is 1. The van der Waals surface area contributed by atoms with Crippen molar-refractivity contribution in [2.24, 2.45) is 0 Å². The van der Waals surface area contributed by atoms with Gasteiger partial charge >= 0.3 is 0 Å². The predicted octanol–water partition coefficient (Wildman–Crippen LogP) is 3.20. The van der Waals surface area contributed by atoms with Gasteiger partial charge in [-0.15, -0.1) is 0 Å². The van der Waals surface area contributed by atoms with E-state index in [0.717, 1.165) is 41.7 Å². The molecule has 23 heavy (non-hydrogen) atoms. The van der Waals surface area contributed by atoms with Crippen LogP contribution in [-0.2, 0) is 0 Å². The van der Waals surface area contributed by atoms with Crippen molar-refractivity contribution in [2.75, 3.05) is 20.1 Å². The lowest BCUT2D eigenvalue weighted by molar-refractivity contribution is 0.0745. The normalized spacial score (nSPS) is 20.9. The fourth-order valence-corrected chi connectivity index (χ4v) is 3.48. The van der Waals surface area contributed by atoms with Crippen LogP contribution in [0.1, 0.15) is 41.2 Å². The maximum atomic E-state index is 13.1. The number of pyridine rings is 1. The molecule has 1 saturated heterocycles. The van der Waals surface area contributed by atoms with Crippen LogP contribution >= 0.6 is 11.6 Å². The lowest BCUT2D eigenvalue weighted by atomic mass is 10.0. The van der Waals surface area contributed by atoms with Gasteiger partial charge in [0.1, 0.15) is 0 Å². The van der Waals surface area contributed by atoms with Crippen LogP contribution in [0.15, 0.2) is 24.3 Å². The Kier molecular flexibility index (Phi) is 3.74. The number of hydrogen-bond acceptors (Lipinski definition) is 3. The quantitative estimate of drug-likeness (QED) is 0.940. The van der Waals surface area contributed by atoms with Crippen LogP contribution in [0, 0.1) is 0 Å². The van der Waals surface area contributed by atoms with E-state index in [0.29, 0.717) is 10.9 Å². The summed E-state index contributed by atoms with van der Waals surface area (Å²) in [6.07, 6.45) is 3.34. The summed E-state index contributed by atoms with van der Waals surface area (Å²) in [6, 6.07) is 7.85. The zero-order valence-electron chi connectivity index (χ0n) is 13.2. The van der Waals surface area contributed by atoms with E-state index in [1.165, 1.54) is 12.8 Å². The lowest BCUT2D eigenvalue weighted by Gasteiger charge is -2.24. The van der Waals surface area contributed by atoms with Crippen molar-refractivity contribution in [1.29, 1.82) is 0 Å². The maximum Gasteiger partial charge on any atom is 0.254 e. The Morgan fingerprint density at radius 3 is 2.83 bits per heavy atom. The van der Waals surface area contributed by atoms with E-state index < -0.39 is 0 Å². The van der Waals surface area contributed by atoms with Crippen LogP contribution in [0.2, 0.25) is 5.02 Å². The Morgan fingerprint density at radius 2 is 2.13 bits per heavy atom. The molecule has 1 saturated carbocycles. The van der Waals surface area contributed by atoms with E-state index >= 15 is 0 Å². The van der Waals surface area contributed by atoms with Gasteiger partial charge in [0.15, 0.2) is 0 Å². The van der Waals surface area contributed by atoms with Gasteiger partial charge in [0.2, 0.25) is 0 Å². The van der Waals surface area contributed by atoms with Gasteiger partial charge in [-0.3, -0.25) is 9.78 Å². The molecule has 1 unspecified atom stereocenters. The van der Waals surface area contributed by atoms with Gasteiger partial charge < -0.3 is 10.2 Å². The highest BCUT2D eigenvalue weighted by atomic mass is 35.5. The Labute approximate surface area is 140 Å². The Bertz CT molecular complexity index is 766. The molecular formula is C18H20ClN3O. The number of amides is 1. The van der Waals surface area contributed by atoms with E-state index in [1.54, 1.807) is 0 Å². The first-order valence-electron chi connectivity index (χ1n) is 8.21. The largest absolute Gasteiger partial charge is 0.337 e. The molecule has 2 aliphatic rings. The minimum absolute atomic E-state index is 0.0651. The molecule has 1 aromatic carbocycles. The summed E-state index contributed by atoms with van der Waals surface area (Å²) in [5.41, 5.74) is 2.63. The summed E-state index contributed by atoms with van der Waals surface area (Å²) in [7, 11) is 1.90. The highest BCUT2D eigenvalue weighted by Crippen LogP contribution is 2.40. The van der Waals surface area contributed by atoms with Crippen molar-refractivity contribution >= 4 is 28.4 Å². The second kappa shape index (κ2) is 5.77. The highest BCUT2D eigenvalue weighted by Gasteiger charge is 2.29. The molecule has 120 valence electrons. The Balaban J connectivity index is 1.79. The zero-order valence-corrected chi connectivity index (χ0v) is 13.9. The molecule has 1 atom stereocenters. The summed E-state index contributed by atoms with van der Waals surface area (Å²) >= 11 is 6.15. The molecule has 0 spiro atoms. The van der Waals surface area contributed by atoms with E-state index in [-0.39, 0.29) is 11.9 Å². The Hall–Kier alpha value is -1.65. The molecule has 2 fully saturated rings. The van der Waals surface area contributed by atoms with Gasteiger partial charge in [0, 0.05) is 41.7 Å². The predicted molar refractivity (Wildman–Crippen MR) is 92.1 cm³/mol. The molecule has 1 N–H and O–H groups in total. The third-order valence-corrected chi connectivity index (χ3v) is 5.15. The number of carbonyl (C=O) groups excluding carboxylic acids is 1. The van der Waals surface area contributed by atoms with Gasteiger partial charge in [-0.1, -0.05) is 11.6 Å². The molecule has 4 nitrogen and oxygen atoms in total. The number of likely N-dealkylation sites (N-methyl/N-ethyl adjacent to an activating group) is 1. The monoisotopic (exact) mass is 329 g/mol. The van der Waals surface area contributed by atoms with Gasteiger partial charge in [-0.05, 0) is 50.1 Å². The third kappa shape index (κ3) is 2.81. The van der Waals surface area contributed by atoms with Crippen molar-refractivity contribution < 1.29 is 4.79 Å². The molecule has 2 aromatic rings. The van der Waals surface area contributed by atoms with Crippen LogP contribution in [-0.4, -0.2) is 42.0 Å². The fraction of sp³-hybridized carbons (Fsp3) is 0.444. The van der Waals surface area contributed by atoms with Crippen LogP contribution in [0.25, 0.3) is 10.9 Å². The number of fused-ring (bicyclic) bond motifs is 1. The van der Waals surface area contributed by atoms with Gasteiger partial charge in [-0.25, -0.2) is 0 Å². The fourth-order valence-electron chi connectivity index (χ4n) is 3.31. The van der Waals surface area contributed by atoms with Crippen LogP contribution < -0.4 is 5.32 Å². The van der Waals surface area contributed by atoms with Crippen LogP contribution in [0.3, 0.4) is 0 Å². The summed E-state index contributed by atoms with van der Waals surface area (Å²) in [5, 5.41) is 4.81. The first kappa shape index (κ1) is 14.9. The molecular weight excluding hydrogens is 310 g/mol. The van der Waals surface area contributed by atoms with Crippen LogP contribution in [0.4, 0.5) is 0 Å². The van der Waals surface area contributed by atoms with Crippen LogP contribution in [0.5, 0.6) is 0 Å². The molecule has 1 aliphatic carbocycles. The zero-order chi connectivity index (χ0) is 16.0. The SMILES string of the molecule is CN(C(=O)c1cc(C2CC2)nc2ccc(Cl)cc12)C1CCNC1. The average molecular weight is 330 g/mol. The van der Waals surface area contributed by atoms with Gasteiger partial charge in [0.25, 0.3) is 5.91 Å². The van der Waals surface area contributed by atoms with Crippen molar-refractivity contribution in [1.82, 2.24) is 15.2 Å². The molecule has 0 radical (unpaired) electrons. The maximum absolute atomic E-state index is 13.1. The number of halogens is 1. The van der Waals surface area contributed by atoms with Crippen molar-refractivity contribution in [3.8, 4) is 0 Å². The van der Waals surface area contributed by atoms with Gasteiger partial charge in [-0.2, -0.15) is 0 Å². The topological polar surface area (TPSA) is 45.2 Å². The number of rotatable bonds is 3. The summed E-state index contributed by atoms with van der Waals surface area (Å²) < 4.78 is 0. The Morgan fingerprint density at radius 1 is 1.30 bits per heavy atom. The number of hydrogen-bond donors (Lipinski definition) is 1. The van der Waals surface area contributed by atoms with Crippen molar-refractivity contribution in [3.63, 3.8) is 0 Å².